The molecule has 360 valence electrons. The smallest absolute Gasteiger partial charge is 0.337 e. The minimum atomic E-state index is -2.25. The number of hydrogen-bond acceptors (Lipinski definition) is 13. The Morgan fingerprint density at radius 2 is 1.35 bits per heavy atom. The van der Waals surface area contributed by atoms with Crippen LogP contribution in [0.2, 0.25) is 0 Å². The molecule has 4 rings (SSSR count). The van der Waals surface area contributed by atoms with Gasteiger partial charge in [-0.15, -0.1) is 0 Å². The molecule has 16 heteroatoms. The van der Waals surface area contributed by atoms with E-state index in [1.54, 1.807) is 13.8 Å². The van der Waals surface area contributed by atoms with E-state index in [-0.39, 0.29) is 119 Å². The van der Waals surface area contributed by atoms with Crippen molar-refractivity contribution in [3.63, 3.8) is 0 Å². The SMILES string of the molecule is CC/C=C\C/C=C\C/C=C\C/C=C\C/C=C\C/C=C\CCC(=O)O[C@H]1C[C@H]2OC[C@@]2(O)[C@H]2[C@H](OC(C)=O)[C@]3(O)CC(OC(=O)C(O)[C@H](C)NC(C)=O)C(C)=C([C@@H](O)C(=O)[C@]12C)C3(C)C.[Ac].[Ac]. The molecule has 4 aliphatic rings. The average Bonchev–Trinajstić information content (AvgIpc) is 3.22. The van der Waals surface area contributed by atoms with Crippen LogP contribution < -0.4 is 5.32 Å². The molecule has 11 atom stereocenters. The Hall–Kier alpha value is -1.59. The van der Waals surface area contributed by atoms with E-state index in [1.165, 1.54) is 27.7 Å². The van der Waals surface area contributed by atoms with Crippen LogP contribution in [0.4, 0.5) is 0 Å². The van der Waals surface area contributed by atoms with E-state index < -0.39 is 107 Å². The second kappa shape index (κ2) is 27.1. The number of aliphatic hydroxyl groups is 4. The zero-order valence-electron chi connectivity index (χ0n) is 39.9. The van der Waals surface area contributed by atoms with Crippen molar-refractivity contribution in [3.8, 4) is 0 Å². The summed E-state index contributed by atoms with van der Waals surface area (Å²) in [6.45, 7) is 11.6. The van der Waals surface area contributed by atoms with Crippen LogP contribution in [0.15, 0.2) is 84.1 Å². The Bertz CT molecular complexity index is 1920. The van der Waals surface area contributed by atoms with Crippen molar-refractivity contribution < 1.29 is 151 Å². The maximum atomic E-state index is 15.0. The fraction of sp³-hybridized carbons (Fsp3) is 0.620. The van der Waals surface area contributed by atoms with Crippen LogP contribution in [-0.4, -0.2) is 110 Å². The summed E-state index contributed by atoms with van der Waals surface area (Å²) in [4.78, 5) is 66.5. The van der Waals surface area contributed by atoms with Gasteiger partial charge in [0.25, 0.3) is 0 Å². The van der Waals surface area contributed by atoms with Gasteiger partial charge in [-0.1, -0.05) is 93.7 Å². The Labute approximate surface area is 462 Å². The van der Waals surface area contributed by atoms with Gasteiger partial charge < -0.3 is 44.7 Å². The molecule has 66 heavy (non-hydrogen) atoms. The summed E-state index contributed by atoms with van der Waals surface area (Å²) in [6, 6.07) is -1.05. The summed E-state index contributed by atoms with van der Waals surface area (Å²) >= 11 is 0. The zero-order valence-corrected chi connectivity index (χ0v) is 49.4. The molecule has 2 unspecified atom stereocenters. The van der Waals surface area contributed by atoms with Crippen LogP contribution in [0.3, 0.4) is 0 Å². The van der Waals surface area contributed by atoms with Gasteiger partial charge in [-0.2, -0.15) is 0 Å². The van der Waals surface area contributed by atoms with Crippen molar-refractivity contribution in [1.82, 2.24) is 5.32 Å². The Morgan fingerprint density at radius 1 is 0.833 bits per heavy atom. The number of Topliss-reactive ketones (excluding diaryl/α,β-unsaturated/α-hetero) is 1. The summed E-state index contributed by atoms with van der Waals surface area (Å²) in [5.41, 5.74) is -7.46. The van der Waals surface area contributed by atoms with Gasteiger partial charge in [0, 0.05) is 133 Å². The molecule has 14 nitrogen and oxygen atoms in total. The largest absolute Gasteiger partial charge is 0.461 e. The van der Waals surface area contributed by atoms with Crippen LogP contribution >= 0.6 is 0 Å². The van der Waals surface area contributed by atoms with Crippen LogP contribution in [0, 0.1) is 105 Å². The van der Waals surface area contributed by atoms with Crippen LogP contribution in [-0.2, 0) is 42.9 Å². The van der Waals surface area contributed by atoms with E-state index in [4.69, 9.17) is 18.9 Å². The maximum Gasteiger partial charge on any atom is 0.337 e. The Morgan fingerprint density at radius 3 is 1.82 bits per heavy atom. The van der Waals surface area contributed by atoms with E-state index in [9.17, 15) is 39.6 Å². The van der Waals surface area contributed by atoms with Gasteiger partial charge in [0.05, 0.1) is 24.2 Å². The third kappa shape index (κ3) is 14.1. The predicted octanol–water partition coefficient (Wildman–Crippen LogP) is 5.68. The van der Waals surface area contributed by atoms with Gasteiger partial charge in [-0.25, -0.2) is 4.79 Å². The number of esters is 3. The number of allylic oxidation sites excluding steroid dienone is 12. The van der Waals surface area contributed by atoms with E-state index in [0.29, 0.717) is 12.8 Å². The third-order valence-corrected chi connectivity index (χ3v) is 13.4. The molecule has 3 fully saturated rings. The van der Waals surface area contributed by atoms with Crippen LogP contribution in [0.1, 0.15) is 120 Å². The first-order valence-electron chi connectivity index (χ1n) is 22.6. The van der Waals surface area contributed by atoms with Crippen molar-refractivity contribution in [2.75, 3.05) is 6.61 Å². The first kappa shape index (κ1) is 60.5. The number of rotatable bonds is 20. The van der Waals surface area contributed by atoms with Gasteiger partial charge >= 0.3 is 17.9 Å². The van der Waals surface area contributed by atoms with Crippen molar-refractivity contribution >= 4 is 29.6 Å². The van der Waals surface area contributed by atoms with Gasteiger partial charge in [0.2, 0.25) is 5.91 Å². The molecule has 5 N–H and O–H groups in total. The van der Waals surface area contributed by atoms with Crippen molar-refractivity contribution in [2.45, 2.75) is 173 Å². The van der Waals surface area contributed by atoms with Crippen molar-refractivity contribution in [3.05, 3.63) is 84.1 Å². The Kier molecular flexibility index (Phi) is 24.9. The monoisotopic (exact) mass is 1350 g/mol. The number of amides is 1. The summed E-state index contributed by atoms with van der Waals surface area (Å²) < 4.78 is 23.6. The van der Waals surface area contributed by atoms with E-state index in [0.717, 1.165) is 39.0 Å². The molecule has 1 aliphatic heterocycles. The number of nitrogens with one attached hydrogen (secondary N) is 1. The topological polar surface area (TPSA) is 215 Å². The average molecular weight is 1350 g/mol. The maximum absolute atomic E-state index is 15.0. The van der Waals surface area contributed by atoms with Crippen molar-refractivity contribution in [2.24, 2.45) is 16.7 Å². The van der Waals surface area contributed by atoms with Crippen LogP contribution in [0.5, 0.6) is 0 Å². The quantitative estimate of drug-likeness (QED) is 0.0565. The number of carbonyl (C=O) groups excluding carboxylic acids is 5. The number of aliphatic hydroxyl groups excluding tert-OH is 2. The predicted molar refractivity (Wildman–Crippen MR) is 240 cm³/mol. The first-order valence-corrected chi connectivity index (χ1v) is 22.6. The molecule has 1 heterocycles. The molecule has 2 radical (unpaired) electrons. The summed E-state index contributed by atoms with van der Waals surface area (Å²) in [5, 5.41) is 50.8. The van der Waals surface area contributed by atoms with Crippen molar-refractivity contribution in [1.29, 1.82) is 0 Å². The second-order valence-electron chi connectivity index (χ2n) is 18.2. The number of carbonyl (C=O) groups is 5. The number of hydrogen-bond donors (Lipinski definition) is 5. The summed E-state index contributed by atoms with van der Waals surface area (Å²) in [5.74, 6) is -5.51. The molecule has 0 aromatic rings. The molecule has 0 aromatic heterocycles. The zero-order chi connectivity index (χ0) is 47.5. The van der Waals surface area contributed by atoms with E-state index in [1.807, 2.05) is 18.2 Å². The molecule has 1 saturated heterocycles. The minimum Gasteiger partial charge on any atom is -0.461 e. The molecular formula is C50H71Ac2NO13. The number of ether oxygens (including phenoxy) is 4. The summed E-state index contributed by atoms with van der Waals surface area (Å²) in [7, 11) is 0. The third-order valence-electron chi connectivity index (χ3n) is 13.4. The van der Waals surface area contributed by atoms with E-state index in [2.05, 4.69) is 66.9 Å². The molecule has 0 spiro atoms. The first-order chi connectivity index (χ1) is 30.2. The number of fused-ring (bicyclic) bond motifs is 5. The molecule has 3 aliphatic carbocycles. The van der Waals surface area contributed by atoms with Crippen LogP contribution in [0.25, 0.3) is 0 Å². The van der Waals surface area contributed by atoms with Gasteiger partial charge in [0.15, 0.2) is 11.9 Å². The molecule has 0 aromatic carbocycles. The molecular weight excluding hydrogens is 1280 g/mol. The molecule has 2 bridgehead atoms. The standard InChI is InChI=1S/C50H71NO13.2Ac/c1-9-10-11-12-13-14-15-16-17-18-19-20-21-22-23-24-25-26-27-28-39(54)64-37-29-38-49(59,31-61-38)43-45(62-35(5)53)50(60)30-36(63-46(58)41(55)33(3)51-34(4)52)32(2)40(47(50,6)7)42(56)44(57)48(37,43)8;;/h10-11,13-14,16-17,19-20,22-23,25-26,33,36-38,41-43,45,55-56,59-60H,9,12,15,18,21,24,27-31H2,1-8H3,(H,51,52);;/b11-10-,14-13-,17-16-,20-19-,23-22-,26-25-;;/t33-,36?,37-,38+,41?,42+,43-,45-,48+,49-,50+;;/m0../s1. The molecule has 2 saturated carbocycles. The fourth-order valence-corrected chi connectivity index (χ4v) is 9.82. The van der Waals surface area contributed by atoms with Gasteiger partial charge in [0.1, 0.15) is 35.6 Å². The van der Waals surface area contributed by atoms with Gasteiger partial charge in [-0.3, -0.25) is 19.2 Å². The second-order valence-corrected chi connectivity index (χ2v) is 18.2. The molecule has 1 amide bonds. The normalized spacial score (nSPS) is 31.4. The fourth-order valence-electron chi connectivity index (χ4n) is 9.82. The minimum absolute atomic E-state index is 0. The Balaban J connectivity index is 0.00000748. The number of ketones is 1. The van der Waals surface area contributed by atoms with Gasteiger partial charge in [-0.05, 0) is 76.9 Å². The summed E-state index contributed by atoms with van der Waals surface area (Å²) in [6.07, 6.45) is 20.9. The van der Waals surface area contributed by atoms with E-state index >= 15 is 4.79 Å².